The standard InChI is InChI=1S/C22H19N3O2S/c26-28(27,19-11-5-2-6-12-19)20(17-18-9-3-1-4-10-18)15-16-25-22-14-8-7-13-21(22)23-24-25/h1-16,20H,17H2. The molecular formula is C22H19N3O2S. The lowest BCUT2D eigenvalue weighted by molar-refractivity contribution is 0.587. The summed E-state index contributed by atoms with van der Waals surface area (Å²) in [5, 5.41) is 7.51. The molecule has 0 saturated heterocycles. The second-order valence-corrected chi connectivity index (χ2v) is 8.62. The predicted molar refractivity (Wildman–Crippen MR) is 110 cm³/mol. The molecule has 6 heteroatoms. The maximum atomic E-state index is 13.3. The Bertz CT molecular complexity index is 1200. The molecule has 1 unspecified atom stereocenters. The Balaban J connectivity index is 1.72. The van der Waals surface area contributed by atoms with E-state index in [1.165, 1.54) is 0 Å². The Morgan fingerprint density at radius 1 is 0.857 bits per heavy atom. The third-order valence-corrected chi connectivity index (χ3v) is 6.62. The van der Waals surface area contributed by atoms with Crippen molar-refractivity contribution in [1.29, 1.82) is 0 Å². The van der Waals surface area contributed by atoms with Crippen LogP contribution in [0, 0.1) is 0 Å². The monoisotopic (exact) mass is 389 g/mol. The molecule has 0 fully saturated rings. The summed E-state index contributed by atoms with van der Waals surface area (Å²) in [6.45, 7) is 0. The average molecular weight is 389 g/mol. The lowest BCUT2D eigenvalue weighted by atomic mass is 10.1. The van der Waals surface area contributed by atoms with Gasteiger partial charge in [-0.25, -0.2) is 13.1 Å². The molecule has 0 spiro atoms. The smallest absolute Gasteiger partial charge is 0.185 e. The number of para-hydroxylation sites is 1. The third kappa shape index (κ3) is 3.73. The zero-order chi connectivity index (χ0) is 19.4. The first-order valence-corrected chi connectivity index (χ1v) is 10.5. The Morgan fingerprint density at radius 3 is 2.25 bits per heavy atom. The zero-order valence-corrected chi connectivity index (χ0v) is 15.9. The van der Waals surface area contributed by atoms with Crippen molar-refractivity contribution in [2.75, 3.05) is 0 Å². The van der Waals surface area contributed by atoms with Gasteiger partial charge in [-0.1, -0.05) is 65.9 Å². The molecule has 28 heavy (non-hydrogen) atoms. The van der Waals surface area contributed by atoms with Crippen molar-refractivity contribution in [2.45, 2.75) is 16.6 Å². The van der Waals surface area contributed by atoms with Gasteiger partial charge in [-0.15, -0.1) is 5.10 Å². The number of hydrogen-bond donors (Lipinski definition) is 0. The molecule has 4 rings (SSSR count). The van der Waals surface area contributed by atoms with Gasteiger partial charge in [-0.3, -0.25) is 0 Å². The van der Waals surface area contributed by atoms with Gasteiger partial charge in [0.15, 0.2) is 9.84 Å². The Morgan fingerprint density at radius 2 is 1.50 bits per heavy atom. The summed E-state index contributed by atoms with van der Waals surface area (Å²) >= 11 is 0. The second kappa shape index (κ2) is 7.78. The van der Waals surface area contributed by atoms with Crippen LogP contribution < -0.4 is 0 Å². The van der Waals surface area contributed by atoms with E-state index in [0.29, 0.717) is 11.3 Å². The van der Waals surface area contributed by atoms with Crippen LogP contribution in [-0.4, -0.2) is 28.7 Å². The molecule has 0 aliphatic rings. The number of sulfone groups is 1. The molecule has 1 aromatic heterocycles. The Hall–Kier alpha value is -3.25. The number of hydrogen-bond acceptors (Lipinski definition) is 4. The van der Waals surface area contributed by atoms with E-state index in [2.05, 4.69) is 10.3 Å². The van der Waals surface area contributed by atoms with Gasteiger partial charge >= 0.3 is 0 Å². The zero-order valence-electron chi connectivity index (χ0n) is 15.1. The fraction of sp³-hybridized carbons (Fsp3) is 0.0909. The average Bonchev–Trinajstić information content (AvgIpc) is 3.15. The van der Waals surface area contributed by atoms with Crippen molar-refractivity contribution in [2.24, 2.45) is 0 Å². The second-order valence-electron chi connectivity index (χ2n) is 6.45. The Labute approximate surface area is 163 Å². The van der Waals surface area contributed by atoms with Crippen molar-refractivity contribution in [3.05, 3.63) is 96.6 Å². The highest BCUT2D eigenvalue weighted by molar-refractivity contribution is 7.92. The van der Waals surface area contributed by atoms with Crippen molar-refractivity contribution in [3.8, 4) is 0 Å². The molecule has 0 radical (unpaired) electrons. The summed E-state index contributed by atoms with van der Waals surface area (Å²) in [5.74, 6) is 0. The first kappa shape index (κ1) is 18.1. The van der Waals surface area contributed by atoms with Gasteiger partial charge < -0.3 is 0 Å². The topological polar surface area (TPSA) is 64.8 Å². The van der Waals surface area contributed by atoms with E-state index in [-0.39, 0.29) is 0 Å². The molecule has 3 aromatic carbocycles. The molecule has 4 aromatic rings. The largest absolute Gasteiger partial charge is 0.223 e. The molecule has 0 bridgehead atoms. The molecule has 0 N–H and O–H groups in total. The van der Waals surface area contributed by atoms with Crippen molar-refractivity contribution in [3.63, 3.8) is 0 Å². The number of benzene rings is 3. The van der Waals surface area contributed by atoms with Crippen molar-refractivity contribution in [1.82, 2.24) is 15.0 Å². The van der Waals surface area contributed by atoms with E-state index in [1.807, 2.05) is 60.7 Å². The minimum atomic E-state index is -3.55. The quantitative estimate of drug-likeness (QED) is 0.500. The van der Waals surface area contributed by atoms with E-state index < -0.39 is 15.1 Å². The molecule has 0 amide bonds. The van der Waals surface area contributed by atoms with Crippen LogP contribution in [0.2, 0.25) is 0 Å². The van der Waals surface area contributed by atoms with Crippen LogP contribution in [0.5, 0.6) is 0 Å². The first-order chi connectivity index (χ1) is 13.6. The molecule has 140 valence electrons. The van der Waals surface area contributed by atoms with E-state index in [9.17, 15) is 8.42 Å². The Kier molecular flexibility index (Phi) is 5.04. The van der Waals surface area contributed by atoms with Gasteiger partial charge in [0, 0.05) is 6.20 Å². The van der Waals surface area contributed by atoms with Crippen LogP contribution in [0.1, 0.15) is 5.56 Å². The fourth-order valence-corrected chi connectivity index (χ4v) is 4.66. The van der Waals surface area contributed by atoms with Crippen LogP contribution >= 0.6 is 0 Å². The highest BCUT2D eigenvalue weighted by atomic mass is 32.2. The van der Waals surface area contributed by atoms with E-state index in [4.69, 9.17) is 0 Å². The number of aromatic nitrogens is 3. The van der Waals surface area contributed by atoms with Crippen molar-refractivity contribution < 1.29 is 8.42 Å². The van der Waals surface area contributed by atoms with E-state index in [0.717, 1.165) is 16.6 Å². The summed E-state index contributed by atoms with van der Waals surface area (Å²) in [5.41, 5.74) is 2.55. The van der Waals surface area contributed by atoms with Crippen LogP contribution in [0.25, 0.3) is 17.2 Å². The summed E-state index contributed by atoms with van der Waals surface area (Å²) in [6, 6.07) is 25.7. The normalized spacial score (nSPS) is 13.1. The fourth-order valence-electron chi connectivity index (χ4n) is 3.09. The first-order valence-electron chi connectivity index (χ1n) is 8.96. The van der Waals surface area contributed by atoms with Gasteiger partial charge in [0.1, 0.15) is 5.52 Å². The van der Waals surface area contributed by atoms with Crippen LogP contribution in [0.3, 0.4) is 0 Å². The van der Waals surface area contributed by atoms with E-state index in [1.54, 1.807) is 41.2 Å². The van der Waals surface area contributed by atoms with Gasteiger partial charge in [-0.05, 0) is 42.3 Å². The van der Waals surface area contributed by atoms with Crippen molar-refractivity contribution >= 4 is 27.1 Å². The molecule has 1 atom stereocenters. The lowest BCUT2D eigenvalue weighted by Gasteiger charge is -2.14. The highest BCUT2D eigenvalue weighted by Crippen LogP contribution is 2.21. The summed E-state index contributed by atoms with van der Waals surface area (Å²) in [6.07, 6.45) is 3.75. The van der Waals surface area contributed by atoms with E-state index >= 15 is 0 Å². The number of nitrogens with zero attached hydrogens (tertiary/aromatic N) is 3. The number of rotatable bonds is 6. The molecule has 1 heterocycles. The number of fused-ring (bicyclic) bond motifs is 1. The minimum Gasteiger partial charge on any atom is -0.223 e. The minimum absolute atomic E-state index is 0.309. The predicted octanol–water partition coefficient (Wildman–Crippen LogP) is 3.99. The third-order valence-electron chi connectivity index (χ3n) is 4.57. The molecule has 0 aliphatic carbocycles. The summed E-state index contributed by atoms with van der Waals surface area (Å²) < 4.78 is 28.1. The van der Waals surface area contributed by atoms with Crippen LogP contribution in [0.4, 0.5) is 0 Å². The highest BCUT2D eigenvalue weighted by Gasteiger charge is 2.25. The van der Waals surface area contributed by atoms with Crippen LogP contribution in [-0.2, 0) is 16.3 Å². The SMILES string of the molecule is O=S(=O)(c1ccccc1)C(C=Cn1nnc2ccccc21)Cc1ccccc1. The lowest BCUT2D eigenvalue weighted by Crippen LogP contribution is -2.22. The molecule has 0 aliphatic heterocycles. The van der Waals surface area contributed by atoms with Crippen LogP contribution in [0.15, 0.2) is 95.9 Å². The van der Waals surface area contributed by atoms with Gasteiger partial charge in [-0.2, -0.15) is 0 Å². The maximum absolute atomic E-state index is 13.3. The maximum Gasteiger partial charge on any atom is 0.185 e. The van der Waals surface area contributed by atoms with Gasteiger partial charge in [0.2, 0.25) is 0 Å². The molecule has 0 saturated carbocycles. The molecular weight excluding hydrogens is 370 g/mol. The summed E-state index contributed by atoms with van der Waals surface area (Å²) in [7, 11) is -3.55. The van der Waals surface area contributed by atoms with Gasteiger partial charge in [0.25, 0.3) is 0 Å². The molecule has 5 nitrogen and oxygen atoms in total. The summed E-state index contributed by atoms with van der Waals surface area (Å²) in [4.78, 5) is 0.309. The van der Waals surface area contributed by atoms with Gasteiger partial charge in [0.05, 0.1) is 15.7 Å².